The molecule has 0 bridgehead atoms. The number of likely N-dealkylation sites (tertiary alicyclic amines) is 1. The number of benzene rings is 1. The molecule has 1 aliphatic rings. The van der Waals surface area contributed by atoms with Crippen molar-refractivity contribution in [1.29, 1.82) is 0 Å². The largest absolute Gasteiger partial charge is 0.388 e. The normalized spacial score (nSPS) is 22.0. The zero-order valence-corrected chi connectivity index (χ0v) is 12.6. The Bertz CT molecular complexity index is 549. The third kappa shape index (κ3) is 2.99. The van der Waals surface area contributed by atoms with E-state index in [4.69, 9.17) is 0 Å². The van der Waals surface area contributed by atoms with E-state index in [0.29, 0.717) is 5.69 Å². The zero-order chi connectivity index (χ0) is 15.6. The molecule has 0 spiro atoms. The van der Waals surface area contributed by atoms with Crippen LogP contribution in [0.1, 0.15) is 43.5 Å². The van der Waals surface area contributed by atoms with Gasteiger partial charge in [0, 0.05) is 30.9 Å². The fourth-order valence-corrected chi connectivity index (χ4v) is 2.98. The zero-order valence-electron chi connectivity index (χ0n) is 12.6. The Morgan fingerprint density at radius 1 is 1.33 bits per heavy atom. The van der Waals surface area contributed by atoms with E-state index in [2.05, 4.69) is 5.32 Å². The van der Waals surface area contributed by atoms with Crippen LogP contribution < -0.4 is 5.32 Å². The summed E-state index contributed by atoms with van der Waals surface area (Å²) >= 11 is 0. The molecular formula is C15H21N3O3. The van der Waals surface area contributed by atoms with Gasteiger partial charge in [-0.05, 0) is 45.2 Å². The molecule has 1 fully saturated rings. The lowest BCUT2D eigenvalue weighted by molar-refractivity contribution is -0.385. The van der Waals surface area contributed by atoms with Crippen LogP contribution >= 0.6 is 0 Å². The Morgan fingerprint density at radius 3 is 2.48 bits per heavy atom. The van der Waals surface area contributed by atoms with E-state index in [1.165, 1.54) is 6.07 Å². The second-order valence-corrected chi connectivity index (χ2v) is 5.58. The molecule has 2 rings (SSSR count). The average Bonchev–Trinajstić information content (AvgIpc) is 2.46. The van der Waals surface area contributed by atoms with Crippen LogP contribution in [0.4, 0.5) is 11.4 Å². The summed E-state index contributed by atoms with van der Waals surface area (Å²) < 4.78 is 0. The highest BCUT2D eigenvalue weighted by Gasteiger charge is 2.33. The molecule has 114 valence electrons. The lowest BCUT2D eigenvalue weighted by Crippen LogP contribution is -2.47. The standard InChI is InChI=1S/C15H21N3O3/c1-10-5-4-6-11(2)17(10)15(19)13-9-12(16-3)7-8-14(13)18(20)21/h7-11,16H,4-6H2,1-3H3/t10-,11+. The van der Waals surface area contributed by atoms with Gasteiger partial charge in [0.05, 0.1) is 4.92 Å². The maximum Gasteiger partial charge on any atom is 0.282 e. The van der Waals surface area contributed by atoms with Crippen molar-refractivity contribution in [3.63, 3.8) is 0 Å². The molecule has 1 aromatic rings. The number of nitro benzene ring substituents is 1. The third-order valence-electron chi connectivity index (χ3n) is 4.14. The molecule has 1 amide bonds. The number of anilines is 1. The molecule has 2 atom stereocenters. The Labute approximate surface area is 124 Å². The summed E-state index contributed by atoms with van der Waals surface area (Å²) in [6.45, 7) is 4.00. The topological polar surface area (TPSA) is 75.5 Å². The van der Waals surface area contributed by atoms with E-state index >= 15 is 0 Å². The number of carbonyl (C=O) groups is 1. The summed E-state index contributed by atoms with van der Waals surface area (Å²) in [4.78, 5) is 25.3. The molecule has 1 aromatic carbocycles. The number of hydrogen-bond donors (Lipinski definition) is 1. The van der Waals surface area contributed by atoms with E-state index in [-0.39, 0.29) is 29.2 Å². The van der Waals surface area contributed by atoms with Crippen LogP contribution in [0.2, 0.25) is 0 Å². The molecule has 6 heteroatoms. The second kappa shape index (κ2) is 6.11. The fraction of sp³-hybridized carbons (Fsp3) is 0.533. The minimum absolute atomic E-state index is 0.110. The van der Waals surface area contributed by atoms with Crippen molar-refractivity contribution < 1.29 is 9.72 Å². The molecule has 0 radical (unpaired) electrons. The molecular weight excluding hydrogens is 270 g/mol. The molecule has 21 heavy (non-hydrogen) atoms. The van der Waals surface area contributed by atoms with Gasteiger partial charge >= 0.3 is 0 Å². The number of nitro groups is 1. The number of carbonyl (C=O) groups excluding carboxylic acids is 1. The van der Waals surface area contributed by atoms with Crippen molar-refractivity contribution in [2.45, 2.75) is 45.2 Å². The van der Waals surface area contributed by atoms with Gasteiger partial charge in [-0.15, -0.1) is 0 Å². The minimum atomic E-state index is -0.494. The molecule has 0 aliphatic carbocycles. The Morgan fingerprint density at radius 2 is 1.95 bits per heavy atom. The number of piperidine rings is 1. The van der Waals surface area contributed by atoms with Crippen LogP contribution in [0, 0.1) is 10.1 Å². The van der Waals surface area contributed by atoms with E-state index in [1.54, 1.807) is 24.1 Å². The number of hydrogen-bond acceptors (Lipinski definition) is 4. The average molecular weight is 291 g/mol. The lowest BCUT2D eigenvalue weighted by atomic mass is 9.96. The molecule has 1 N–H and O–H groups in total. The van der Waals surface area contributed by atoms with Crippen LogP contribution in [0.15, 0.2) is 18.2 Å². The van der Waals surface area contributed by atoms with Gasteiger partial charge in [0.1, 0.15) is 5.56 Å². The first-order chi connectivity index (χ1) is 9.95. The second-order valence-electron chi connectivity index (χ2n) is 5.58. The highest BCUT2D eigenvalue weighted by atomic mass is 16.6. The number of nitrogens with one attached hydrogen (secondary N) is 1. The van der Waals surface area contributed by atoms with E-state index in [1.807, 2.05) is 13.8 Å². The highest BCUT2D eigenvalue weighted by molar-refractivity contribution is 5.99. The third-order valence-corrected chi connectivity index (χ3v) is 4.14. The van der Waals surface area contributed by atoms with Gasteiger partial charge in [-0.1, -0.05) is 0 Å². The molecule has 1 aliphatic heterocycles. The highest BCUT2D eigenvalue weighted by Crippen LogP contribution is 2.29. The minimum Gasteiger partial charge on any atom is -0.388 e. The molecule has 0 aromatic heterocycles. The summed E-state index contributed by atoms with van der Waals surface area (Å²) in [7, 11) is 1.72. The molecule has 1 saturated heterocycles. The first kappa shape index (κ1) is 15.3. The first-order valence-corrected chi connectivity index (χ1v) is 7.24. The maximum atomic E-state index is 12.8. The Hall–Kier alpha value is -2.11. The summed E-state index contributed by atoms with van der Waals surface area (Å²) in [5.41, 5.74) is 0.720. The van der Waals surface area contributed by atoms with Crippen molar-refractivity contribution in [3.8, 4) is 0 Å². The van der Waals surface area contributed by atoms with E-state index in [9.17, 15) is 14.9 Å². The predicted molar refractivity (Wildman–Crippen MR) is 81.6 cm³/mol. The SMILES string of the molecule is CNc1ccc([N+](=O)[O-])c(C(=O)N2[C@H](C)CCC[C@@H]2C)c1. The van der Waals surface area contributed by atoms with Crippen molar-refractivity contribution in [2.24, 2.45) is 0 Å². The summed E-state index contributed by atoms with van der Waals surface area (Å²) in [5.74, 6) is -0.251. The van der Waals surface area contributed by atoms with Crippen molar-refractivity contribution in [2.75, 3.05) is 12.4 Å². The van der Waals surface area contributed by atoms with E-state index in [0.717, 1.165) is 19.3 Å². The molecule has 1 heterocycles. The smallest absolute Gasteiger partial charge is 0.282 e. The number of amides is 1. The predicted octanol–water partition coefficient (Wildman–Crippen LogP) is 3.04. The molecule has 6 nitrogen and oxygen atoms in total. The van der Waals surface area contributed by atoms with Crippen LogP contribution in [0.5, 0.6) is 0 Å². The summed E-state index contributed by atoms with van der Waals surface area (Å²) in [5, 5.41) is 14.1. The summed E-state index contributed by atoms with van der Waals surface area (Å²) in [6, 6.07) is 4.78. The molecule has 0 saturated carbocycles. The number of rotatable bonds is 3. The molecule has 0 unspecified atom stereocenters. The first-order valence-electron chi connectivity index (χ1n) is 7.24. The van der Waals surface area contributed by atoms with Crippen LogP contribution in [-0.2, 0) is 0 Å². The van der Waals surface area contributed by atoms with Gasteiger partial charge < -0.3 is 10.2 Å². The van der Waals surface area contributed by atoms with Gasteiger partial charge in [0.2, 0.25) is 0 Å². The van der Waals surface area contributed by atoms with Crippen LogP contribution in [-0.4, -0.2) is 34.9 Å². The van der Waals surface area contributed by atoms with E-state index < -0.39 is 4.92 Å². The van der Waals surface area contributed by atoms with Crippen molar-refractivity contribution in [3.05, 3.63) is 33.9 Å². The summed E-state index contributed by atoms with van der Waals surface area (Å²) in [6.07, 6.45) is 2.97. The van der Waals surface area contributed by atoms with Gasteiger partial charge in [-0.3, -0.25) is 14.9 Å². The Kier molecular flexibility index (Phi) is 4.45. The Balaban J connectivity index is 2.43. The van der Waals surface area contributed by atoms with Gasteiger partial charge in [0.15, 0.2) is 0 Å². The lowest BCUT2D eigenvalue weighted by Gasteiger charge is -2.39. The van der Waals surface area contributed by atoms with Crippen LogP contribution in [0.3, 0.4) is 0 Å². The van der Waals surface area contributed by atoms with Gasteiger partial charge in [0.25, 0.3) is 11.6 Å². The maximum absolute atomic E-state index is 12.8. The quantitative estimate of drug-likeness (QED) is 0.686. The van der Waals surface area contributed by atoms with Crippen LogP contribution in [0.25, 0.3) is 0 Å². The monoisotopic (exact) mass is 291 g/mol. The fourth-order valence-electron chi connectivity index (χ4n) is 2.98. The van der Waals surface area contributed by atoms with Crippen molar-refractivity contribution >= 4 is 17.3 Å². The number of nitrogens with zero attached hydrogens (tertiary/aromatic N) is 2. The van der Waals surface area contributed by atoms with Gasteiger partial charge in [-0.25, -0.2) is 0 Å². The van der Waals surface area contributed by atoms with Crippen molar-refractivity contribution in [1.82, 2.24) is 4.90 Å². The van der Waals surface area contributed by atoms with Gasteiger partial charge in [-0.2, -0.15) is 0 Å².